The molecule has 2 aromatic carbocycles. The number of fused-ring (bicyclic) bond motifs is 1. The second-order valence-electron chi connectivity index (χ2n) is 8.70. The Morgan fingerprint density at radius 2 is 1.73 bits per heavy atom. The summed E-state index contributed by atoms with van der Waals surface area (Å²) < 4.78 is 27.2. The third-order valence-electron chi connectivity index (χ3n) is 6.43. The van der Waals surface area contributed by atoms with Crippen LogP contribution in [0.15, 0.2) is 36.4 Å². The summed E-state index contributed by atoms with van der Waals surface area (Å²) in [4.78, 5) is 31.6. The first-order valence-corrected chi connectivity index (χ1v) is 11.1. The summed E-state index contributed by atoms with van der Waals surface area (Å²) >= 11 is 0. The normalized spacial score (nSPS) is 17.5. The predicted molar refractivity (Wildman–Crippen MR) is 123 cm³/mol. The largest absolute Gasteiger partial charge is 0.374 e. The van der Waals surface area contributed by atoms with Crippen LogP contribution in [0.2, 0.25) is 0 Å². The van der Waals surface area contributed by atoms with Gasteiger partial charge in [0.2, 0.25) is 0 Å². The molecule has 0 aromatic heterocycles. The second-order valence-corrected chi connectivity index (χ2v) is 8.70. The molecule has 7 nitrogen and oxygen atoms in total. The molecule has 1 fully saturated rings. The zero-order chi connectivity index (χ0) is 23.5. The molecule has 1 atom stereocenters. The lowest BCUT2D eigenvalue weighted by atomic mass is 10.00. The Balaban J connectivity index is 1.46. The Morgan fingerprint density at radius 3 is 2.48 bits per heavy atom. The average molecular weight is 458 g/mol. The zero-order valence-electron chi connectivity index (χ0n) is 18.9. The lowest BCUT2D eigenvalue weighted by Crippen LogP contribution is -2.49. The van der Waals surface area contributed by atoms with Gasteiger partial charge in [0.1, 0.15) is 11.6 Å². The maximum Gasteiger partial charge on any atom is 0.313 e. The summed E-state index contributed by atoms with van der Waals surface area (Å²) in [6.07, 6.45) is 0.975. The molecule has 2 heterocycles. The number of benzene rings is 2. The van der Waals surface area contributed by atoms with E-state index in [2.05, 4.69) is 57.6 Å². The molecule has 0 unspecified atom stereocenters. The van der Waals surface area contributed by atoms with E-state index in [1.54, 1.807) is 0 Å². The molecule has 0 bridgehead atoms. The quantitative estimate of drug-likeness (QED) is 0.673. The lowest BCUT2D eigenvalue weighted by molar-refractivity contribution is -0.136. The standard InChI is InChI=1S/C24H29F2N5O2/c1-29-9-11-31(12-10-29)22(16-3-6-21-17(13-16)7-8-30(21)2)15-27-23(32)24(33)28-20-14-18(25)4-5-19(20)26/h3-6,13-14,22H,7-12,15H2,1-2H3,(H,27,32)(H,28,33)/t22-/m0/s1. The van der Waals surface area contributed by atoms with Gasteiger partial charge in [-0.05, 0) is 42.8 Å². The van der Waals surface area contributed by atoms with Crippen LogP contribution in [0.5, 0.6) is 0 Å². The molecule has 0 radical (unpaired) electrons. The molecule has 0 aliphatic carbocycles. The summed E-state index contributed by atoms with van der Waals surface area (Å²) in [5.74, 6) is -3.44. The van der Waals surface area contributed by atoms with E-state index in [0.717, 1.165) is 62.9 Å². The topological polar surface area (TPSA) is 67.9 Å². The number of anilines is 2. The molecule has 1 saturated heterocycles. The van der Waals surface area contributed by atoms with Gasteiger partial charge in [0.05, 0.1) is 11.7 Å². The molecule has 2 aromatic rings. The highest BCUT2D eigenvalue weighted by Gasteiger charge is 2.27. The van der Waals surface area contributed by atoms with Crippen LogP contribution >= 0.6 is 0 Å². The molecule has 4 rings (SSSR count). The third kappa shape index (κ3) is 5.31. The van der Waals surface area contributed by atoms with Crippen molar-refractivity contribution in [2.24, 2.45) is 0 Å². The fourth-order valence-electron chi connectivity index (χ4n) is 4.43. The maximum absolute atomic E-state index is 13.8. The van der Waals surface area contributed by atoms with Crippen LogP contribution in [0, 0.1) is 11.6 Å². The number of halogens is 2. The number of piperazine rings is 1. The number of nitrogens with one attached hydrogen (secondary N) is 2. The van der Waals surface area contributed by atoms with Gasteiger partial charge in [0.15, 0.2) is 0 Å². The highest BCUT2D eigenvalue weighted by Crippen LogP contribution is 2.31. The van der Waals surface area contributed by atoms with Crippen molar-refractivity contribution < 1.29 is 18.4 Å². The van der Waals surface area contributed by atoms with Gasteiger partial charge >= 0.3 is 11.8 Å². The molecular weight excluding hydrogens is 428 g/mol. The van der Waals surface area contributed by atoms with E-state index < -0.39 is 23.4 Å². The second kappa shape index (κ2) is 9.84. The summed E-state index contributed by atoms with van der Waals surface area (Å²) in [6.45, 7) is 4.72. The van der Waals surface area contributed by atoms with Crippen LogP contribution in [0.25, 0.3) is 0 Å². The fourth-order valence-corrected chi connectivity index (χ4v) is 4.43. The Hall–Kier alpha value is -3.04. The number of carbonyl (C=O) groups excluding carboxylic acids is 2. The van der Waals surface area contributed by atoms with Crippen LogP contribution in [0.1, 0.15) is 17.2 Å². The maximum atomic E-state index is 13.8. The SMILES string of the molecule is CN1CCN([C@@H](CNC(=O)C(=O)Nc2cc(F)ccc2F)c2ccc3c(c2)CCN3C)CC1. The number of hydrogen-bond acceptors (Lipinski definition) is 5. The van der Waals surface area contributed by atoms with Gasteiger partial charge in [0, 0.05) is 58.1 Å². The highest BCUT2D eigenvalue weighted by atomic mass is 19.1. The van der Waals surface area contributed by atoms with E-state index in [4.69, 9.17) is 0 Å². The van der Waals surface area contributed by atoms with Crippen molar-refractivity contribution >= 4 is 23.2 Å². The Kier molecular flexibility index (Phi) is 6.90. The molecule has 33 heavy (non-hydrogen) atoms. The minimum atomic E-state index is -1.03. The van der Waals surface area contributed by atoms with Crippen molar-refractivity contribution in [1.82, 2.24) is 15.1 Å². The number of carbonyl (C=O) groups is 2. The van der Waals surface area contributed by atoms with Crippen molar-refractivity contribution in [1.29, 1.82) is 0 Å². The van der Waals surface area contributed by atoms with Gasteiger partial charge in [-0.25, -0.2) is 8.78 Å². The number of rotatable bonds is 5. The third-order valence-corrected chi connectivity index (χ3v) is 6.43. The summed E-state index contributed by atoms with van der Waals surface area (Å²) in [6, 6.07) is 8.97. The van der Waals surface area contributed by atoms with Crippen molar-refractivity contribution in [2.45, 2.75) is 12.5 Å². The average Bonchev–Trinajstić information content (AvgIpc) is 3.17. The van der Waals surface area contributed by atoms with E-state index in [1.807, 2.05) is 0 Å². The van der Waals surface area contributed by atoms with Crippen molar-refractivity contribution in [3.63, 3.8) is 0 Å². The van der Waals surface area contributed by atoms with Gasteiger partial charge in [-0.2, -0.15) is 0 Å². The smallest absolute Gasteiger partial charge is 0.313 e. The van der Waals surface area contributed by atoms with Crippen molar-refractivity contribution in [2.75, 3.05) is 63.6 Å². The Labute approximate surface area is 192 Å². The van der Waals surface area contributed by atoms with E-state index in [1.165, 1.54) is 11.3 Å². The van der Waals surface area contributed by atoms with Crippen molar-refractivity contribution in [3.8, 4) is 0 Å². The number of nitrogens with zero attached hydrogens (tertiary/aromatic N) is 3. The molecule has 0 saturated carbocycles. The first kappa shape index (κ1) is 23.1. The van der Waals surface area contributed by atoms with E-state index in [9.17, 15) is 18.4 Å². The number of hydrogen-bond donors (Lipinski definition) is 2. The number of amides is 2. The molecule has 2 aliphatic rings. The van der Waals surface area contributed by atoms with E-state index in [-0.39, 0.29) is 18.3 Å². The van der Waals surface area contributed by atoms with Crippen LogP contribution < -0.4 is 15.5 Å². The van der Waals surface area contributed by atoms with Gasteiger partial charge in [0.25, 0.3) is 0 Å². The van der Waals surface area contributed by atoms with E-state index in [0.29, 0.717) is 0 Å². The first-order valence-electron chi connectivity index (χ1n) is 11.1. The van der Waals surface area contributed by atoms with Gasteiger partial charge < -0.3 is 20.4 Å². The first-order chi connectivity index (χ1) is 15.8. The minimum absolute atomic E-state index is 0.0995. The van der Waals surface area contributed by atoms with Gasteiger partial charge in [-0.1, -0.05) is 12.1 Å². The Bertz CT molecular complexity index is 1040. The van der Waals surface area contributed by atoms with Crippen LogP contribution in [-0.4, -0.2) is 75.0 Å². The molecule has 2 aliphatic heterocycles. The summed E-state index contributed by atoms with van der Waals surface area (Å²) in [5, 5.41) is 4.83. The predicted octanol–water partition coefficient (Wildman–Crippen LogP) is 2.00. The molecule has 2 amide bonds. The lowest BCUT2D eigenvalue weighted by Gasteiger charge is -2.38. The van der Waals surface area contributed by atoms with Crippen molar-refractivity contribution in [3.05, 3.63) is 59.2 Å². The monoisotopic (exact) mass is 457 g/mol. The van der Waals surface area contributed by atoms with Crippen LogP contribution in [-0.2, 0) is 16.0 Å². The molecular formula is C24H29F2N5O2. The summed E-state index contributed by atoms with van der Waals surface area (Å²) in [5.41, 5.74) is 3.22. The molecule has 176 valence electrons. The van der Waals surface area contributed by atoms with E-state index >= 15 is 0 Å². The van der Waals surface area contributed by atoms with Gasteiger partial charge in [-0.3, -0.25) is 14.5 Å². The number of likely N-dealkylation sites (N-methyl/N-ethyl adjacent to an activating group) is 2. The van der Waals surface area contributed by atoms with Crippen LogP contribution in [0.3, 0.4) is 0 Å². The fraction of sp³-hybridized carbons (Fsp3) is 0.417. The minimum Gasteiger partial charge on any atom is -0.374 e. The van der Waals surface area contributed by atoms with Crippen LogP contribution in [0.4, 0.5) is 20.2 Å². The summed E-state index contributed by atoms with van der Waals surface area (Å²) in [7, 11) is 4.15. The molecule has 2 N–H and O–H groups in total. The highest BCUT2D eigenvalue weighted by molar-refractivity contribution is 6.39. The van der Waals surface area contributed by atoms with Gasteiger partial charge in [-0.15, -0.1) is 0 Å². The molecule has 0 spiro atoms. The molecule has 9 heteroatoms. The Morgan fingerprint density at radius 1 is 0.970 bits per heavy atom. The zero-order valence-corrected chi connectivity index (χ0v) is 18.9.